The predicted octanol–water partition coefficient (Wildman–Crippen LogP) is 6.32. The number of anilines is 1. The van der Waals surface area contributed by atoms with Crippen LogP contribution in [0.25, 0.3) is 0 Å². The zero-order valence-corrected chi connectivity index (χ0v) is 24.6. The van der Waals surface area contributed by atoms with Gasteiger partial charge in [0, 0.05) is 6.42 Å². The molecule has 10 heteroatoms. The van der Waals surface area contributed by atoms with Crippen LogP contribution in [0.3, 0.4) is 0 Å². The van der Waals surface area contributed by atoms with Gasteiger partial charge in [-0.3, -0.25) is 19.3 Å². The second kappa shape index (κ2) is 10.7. The average Bonchev–Trinajstić information content (AvgIpc) is 3.55. The zero-order chi connectivity index (χ0) is 32.4. The summed E-state index contributed by atoms with van der Waals surface area (Å²) < 4.78 is 40.2. The topological polar surface area (TPSA) is 78.0 Å². The van der Waals surface area contributed by atoms with Crippen molar-refractivity contribution in [3.05, 3.63) is 137 Å². The third-order valence-electron chi connectivity index (χ3n) is 9.31. The number of likely N-dealkylation sites (tertiary alicyclic amines) is 1. The van der Waals surface area contributed by atoms with E-state index in [0.717, 1.165) is 40.3 Å². The van der Waals surface area contributed by atoms with Crippen molar-refractivity contribution >= 4 is 29.4 Å². The number of carbonyl (C=O) groups is 4. The Kier molecular flexibility index (Phi) is 6.84. The Bertz CT molecular complexity index is 1860. The maximum absolute atomic E-state index is 14.9. The van der Waals surface area contributed by atoms with Gasteiger partial charge in [0.2, 0.25) is 11.8 Å². The number of amides is 5. The smallest absolute Gasteiger partial charge is 0.300 e. The standard InChI is InChI=1S/C36H28F3N3O4/c1-22-9-8-14-25(19-22)30-28-29(32(44)40(31(28)43)21-24-12-6-3-7-13-24)35(20-23-10-4-2-5-11-23)33(45)41(34(46)42(30)35)27-17-15-26(16-18-27)36(37,38)39/h2-19,28-30H,20-21H2,1H3/t28?,29?,30?,35-/m1/s1. The molecule has 4 atom stereocenters. The lowest BCUT2D eigenvalue weighted by atomic mass is 9.75. The molecule has 3 fully saturated rings. The number of benzene rings is 4. The summed E-state index contributed by atoms with van der Waals surface area (Å²) in [6.45, 7) is 1.86. The van der Waals surface area contributed by atoms with Gasteiger partial charge in [0.25, 0.3) is 5.91 Å². The van der Waals surface area contributed by atoms with Crippen LogP contribution in [0.1, 0.15) is 33.9 Å². The Morgan fingerprint density at radius 3 is 1.98 bits per heavy atom. The van der Waals surface area contributed by atoms with Gasteiger partial charge in [0.15, 0.2) is 0 Å². The number of urea groups is 1. The lowest BCUT2D eigenvalue weighted by molar-refractivity contribution is -0.145. The summed E-state index contributed by atoms with van der Waals surface area (Å²) in [4.78, 5) is 61.6. The summed E-state index contributed by atoms with van der Waals surface area (Å²) in [5.41, 5.74) is 0.0215. The van der Waals surface area contributed by atoms with Gasteiger partial charge in [-0.05, 0) is 47.9 Å². The van der Waals surface area contributed by atoms with Crippen molar-refractivity contribution in [3.63, 3.8) is 0 Å². The summed E-state index contributed by atoms with van der Waals surface area (Å²) in [6, 6.07) is 27.2. The fourth-order valence-electron chi connectivity index (χ4n) is 7.38. The van der Waals surface area contributed by atoms with Crippen molar-refractivity contribution < 1.29 is 32.3 Å². The fraction of sp³-hybridized carbons (Fsp3) is 0.222. The molecule has 3 unspecified atom stereocenters. The number of halogens is 3. The number of nitrogens with zero attached hydrogens (tertiary/aromatic N) is 3. The molecular formula is C36H28F3N3O4. The van der Waals surface area contributed by atoms with Gasteiger partial charge in [-0.15, -0.1) is 0 Å². The van der Waals surface area contributed by atoms with Crippen molar-refractivity contribution in [3.8, 4) is 0 Å². The Hall–Kier alpha value is -5.25. The molecule has 7 rings (SSSR count). The van der Waals surface area contributed by atoms with Crippen molar-refractivity contribution in [2.24, 2.45) is 11.8 Å². The summed E-state index contributed by atoms with van der Waals surface area (Å²) in [5.74, 6) is -4.08. The zero-order valence-electron chi connectivity index (χ0n) is 24.6. The Balaban J connectivity index is 1.42. The molecule has 3 heterocycles. The maximum Gasteiger partial charge on any atom is 0.416 e. The number of aryl methyl sites for hydroxylation is 1. The quantitative estimate of drug-likeness (QED) is 0.186. The molecule has 3 saturated heterocycles. The number of rotatable bonds is 6. The molecule has 3 aliphatic rings. The highest BCUT2D eigenvalue weighted by atomic mass is 19.4. The van der Waals surface area contributed by atoms with Crippen molar-refractivity contribution in [1.29, 1.82) is 0 Å². The number of fused-ring (bicyclic) bond motifs is 3. The molecule has 232 valence electrons. The Morgan fingerprint density at radius 1 is 0.739 bits per heavy atom. The van der Waals surface area contributed by atoms with Gasteiger partial charge < -0.3 is 4.90 Å². The van der Waals surface area contributed by atoms with E-state index >= 15 is 0 Å². The first-order valence-corrected chi connectivity index (χ1v) is 14.9. The van der Waals surface area contributed by atoms with Crippen LogP contribution in [0, 0.1) is 18.8 Å². The van der Waals surface area contributed by atoms with Crippen molar-refractivity contribution in [2.75, 3.05) is 4.90 Å². The SMILES string of the molecule is Cc1cccc(C2C3C(=O)N(Cc4ccccc4)C(=O)C3[C@]3(Cc4ccccc4)C(=O)N(c4ccc(C(F)(F)F)cc4)C(=O)N23)c1. The molecule has 5 amide bonds. The van der Waals surface area contributed by atoms with Gasteiger partial charge in [-0.2, -0.15) is 13.2 Å². The molecule has 4 aromatic carbocycles. The van der Waals surface area contributed by atoms with E-state index in [-0.39, 0.29) is 18.7 Å². The van der Waals surface area contributed by atoms with Crippen LogP contribution in [-0.2, 0) is 33.5 Å². The number of hydrogen-bond donors (Lipinski definition) is 0. The molecule has 0 aliphatic carbocycles. The highest BCUT2D eigenvalue weighted by Crippen LogP contribution is 2.60. The molecule has 0 bridgehead atoms. The second-order valence-electron chi connectivity index (χ2n) is 12.0. The van der Waals surface area contributed by atoms with Gasteiger partial charge in [0.1, 0.15) is 5.54 Å². The molecule has 0 spiro atoms. The molecule has 0 aromatic heterocycles. The highest BCUT2D eigenvalue weighted by molar-refractivity contribution is 6.27. The minimum Gasteiger partial charge on any atom is -0.300 e. The Morgan fingerprint density at radius 2 is 1.37 bits per heavy atom. The third-order valence-corrected chi connectivity index (χ3v) is 9.31. The van der Waals surface area contributed by atoms with Gasteiger partial charge in [-0.25, -0.2) is 9.69 Å². The van der Waals surface area contributed by atoms with E-state index < -0.39 is 58.9 Å². The summed E-state index contributed by atoms with van der Waals surface area (Å²) in [6.07, 6.45) is -4.69. The summed E-state index contributed by atoms with van der Waals surface area (Å²) >= 11 is 0. The van der Waals surface area contributed by atoms with Crippen LogP contribution in [0.5, 0.6) is 0 Å². The molecule has 0 N–H and O–H groups in total. The third kappa shape index (κ3) is 4.42. The minimum absolute atomic E-state index is 0.00177. The predicted molar refractivity (Wildman–Crippen MR) is 162 cm³/mol. The number of alkyl halides is 3. The molecule has 4 aromatic rings. The van der Waals surface area contributed by atoms with Crippen molar-refractivity contribution in [1.82, 2.24) is 9.80 Å². The molecule has 7 nitrogen and oxygen atoms in total. The molecular weight excluding hydrogens is 595 g/mol. The number of carbonyl (C=O) groups excluding carboxylic acids is 4. The lowest BCUT2D eigenvalue weighted by Gasteiger charge is -2.35. The lowest BCUT2D eigenvalue weighted by Crippen LogP contribution is -2.55. The first-order chi connectivity index (χ1) is 22.0. The normalized spacial score (nSPS) is 24.2. The average molecular weight is 624 g/mol. The van der Waals surface area contributed by atoms with Crippen LogP contribution in [0.15, 0.2) is 109 Å². The first-order valence-electron chi connectivity index (χ1n) is 14.9. The van der Waals surface area contributed by atoms with Gasteiger partial charge in [-0.1, -0.05) is 90.5 Å². The van der Waals surface area contributed by atoms with Crippen LogP contribution < -0.4 is 4.90 Å². The van der Waals surface area contributed by atoms with E-state index in [0.29, 0.717) is 11.1 Å². The summed E-state index contributed by atoms with van der Waals surface area (Å²) in [7, 11) is 0. The molecule has 46 heavy (non-hydrogen) atoms. The number of hydrogen-bond acceptors (Lipinski definition) is 4. The van der Waals surface area contributed by atoms with Crippen LogP contribution in [-0.4, -0.2) is 39.1 Å². The molecule has 0 radical (unpaired) electrons. The largest absolute Gasteiger partial charge is 0.416 e. The van der Waals surface area contributed by atoms with E-state index in [9.17, 15) is 32.3 Å². The van der Waals surface area contributed by atoms with Gasteiger partial charge in [0.05, 0.1) is 35.7 Å². The van der Waals surface area contributed by atoms with E-state index in [1.807, 2.05) is 25.1 Å². The van der Waals surface area contributed by atoms with Crippen molar-refractivity contribution in [2.45, 2.75) is 37.6 Å². The van der Waals surface area contributed by atoms with Crippen LogP contribution >= 0.6 is 0 Å². The second-order valence-corrected chi connectivity index (χ2v) is 12.0. The summed E-state index contributed by atoms with van der Waals surface area (Å²) in [5, 5.41) is 0. The monoisotopic (exact) mass is 623 g/mol. The van der Waals surface area contributed by atoms with E-state index in [4.69, 9.17) is 0 Å². The molecule has 3 aliphatic heterocycles. The Labute approximate surface area is 262 Å². The molecule has 0 saturated carbocycles. The van der Waals surface area contributed by atoms with E-state index in [2.05, 4.69) is 0 Å². The van der Waals surface area contributed by atoms with Crippen LogP contribution in [0.2, 0.25) is 0 Å². The van der Waals surface area contributed by atoms with E-state index in [1.165, 1.54) is 9.80 Å². The first kappa shape index (κ1) is 29.5. The minimum atomic E-state index is -4.62. The fourth-order valence-corrected chi connectivity index (χ4v) is 7.38. The van der Waals surface area contributed by atoms with Crippen LogP contribution in [0.4, 0.5) is 23.7 Å². The highest BCUT2D eigenvalue weighted by Gasteiger charge is 2.77. The van der Waals surface area contributed by atoms with E-state index in [1.54, 1.807) is 66.7 Å². The van der Waals surface area contributed by atoms with Gasteiger partial charge >= 0.3 is 12.2 Å². The maximum atomic E-state index is 14.9. The number of imide groups is 2.